The zero-order valence-corrected chi connectivity index (χ0v) is 11.2. The summed E-state index contributed by atoms with van der Waals surface area (Å²) in [5.41, 5.74) is -0.436. The van der Waals surface area contributed by atoms with Crippen LogP contribution in [0.4, 0.5) is 0 Å². The van der Waals surface area contributed by atoms with Crippen molar-refractivity contribution in [2.24, 2.45) is 5.92 Å². The lowest BCUT2D eigenvalue weighted by Gasteiger charge is -2.38. The summed E-state index contributed by atoms with van der Waals surface area (Å²) in [4.78, 5) is 25.3. The fraction of sp³-hybridized carbons (Fsp3) is 0.833. The molecule has 1 aliphatic heterocycles. The van der Waals surface area contributed by atoms with Gasteiger partial charge in [-0.05, 0) is 19.8 Å². The van der Waals surface area contributed by atoms with E-state index in [4.69, 9.17) is 4.74 Å². The Morgan fingerprint density at radius 3 is 2.53 bits per heavy atom. The molecule has 1 saturated heterocycles. The second-order valence-corrected chi connectivity index (χ2v) is 5.45. The van der Waals surface area contributed by atoms with Gasteiger partial charge in [0.25, 0.3) is 0 Å². The van der Waals surface area contributed by atoms with E-state index < -0.39 is 11.6 Å². The van der Waals surface area contributed by atoms with Gasteiger partial charge in [-0.2, -0.15) is 0 Å². The Morgan fingerprint density at radius 1 is 1.47 bits per heavy atom. The molecule has 1 heterocycles. The molecule has 2 amide bonds. The standard InChI is InChI=1S/C12H22N2O3/c1-8(2)10-11(16)14(6-9(15)13-10)7-12(3,4)17-5/h8,10H,6-7H2,1-5H3,(H,13,15). The Morgan fingerprint density at radius 2 is 2.06 bits per heavy atom. The summed E-state index contributed by atoms with van der Waals surface area (Å²) in [6.45, 7) is 8.20. The summed E-state index contributed by atoms with van der Waals surface area (Å²) in [5, 5.41) is 2.73. The first-order valence-corrected chi connectivity index (χ1v) is 5.90. The van der Waals surface area contributed by atoms with Crippen LogP contribution in [0.1, 0.15) is 27.7 Å². The average molecular weight is 242 g/mol. The number of nitrogens with zero attached hydrogens (tertiary/aromatic N) is 1. The maximum atomic E-state index is 12.2. The van der Waals surface area contributed by atoms with Crippen LogP contribution in [0.3, 0.4) is 0 Å². The molecule has 0 aromatic heterocycles. The maximum Gasteiger partial charge on any atom is 0.245 e. The van der Waals surface area contributed by atoms with Crippen LogP contribution in [0.5, 0.6) is 0 Å². The second-order valence-electron chi connectivity index (χ2n) is 5.45. The zero-order valence-electron chi connectivity index (χ0n) is 11.2. The van der Waals surface area contributed by atoms with Crippen molar-refractivity contribution in [2.75, 3.05) is 20.2 Å². The van der Waals surface area contributed by atoms with E-state index in [1.54, 1.807) is 12.0 Å². The van der Waals surface area contributed by atoms with Gasteiger partial charge in [-0.15, -0.1) is 0 Å². The van der Waals surface area contributed by atoms with Crippen LogP contribution in [0.2, 0.25) is 0 Å². The Bertz CT molecular complexity index is 313. The molecule has 0 aromatic rings. The van der Waals surface area contributed by atoms with Gasteiger partial charge in [0.2, 0.25) is 11.8 Å². The van der Waals surface area contributed by atoms with Crippen molar-refractivity contribution in [1.82, 2.24) is 10.2 Å². The van der Waals surface area contributed by atoms with Crippen molar-refractivity contribution in [1.29, 1.82) is 0 Å². The van der Waals surface area contributed by atoms with Crippen LogP contribution in [-0.4, -0.2) is 48.6 Å². The topological polar surface area (TPSA) is 58.6 Å². The lowest BCUT2D eigenvalue weighted by atomic mass is 9.99. The summed E-state index contributed by atoms with van der Waals surface area (Å²) >= 11 is 0. The molecule has 1 atom stereocenters. The highest BCUT2D eigenvalue weighted by molar-refractivity contribution is 5.95. The van der Waals surface area contributed by atoms with E-state index in [0.717, 1.165) is 0 Å². The lowest BCUT2D eigenvalue weighted by molar-refractivity contribution is -0.148. The van der Waals surface area contributed by atoms with Gasteiger partial charge < -0.3 is 15.0 Å². The minimum Gasteiger partial charge on any atom is -0.377 e. The monoisotopic (exact) mass is 242 g/mol. The van der Waals surface area contributed by atoms with E-state index in [1.807, 2.05) is 27.7 Å². The molecule has 0 spiro atoms. The molecule has 1 aliphatic rings. The van der Waals surface area contributed by atoms with Crippen molar-refractivity contribution < 1.29 is 14.3 Å². The van der Waals surface area contributed by atoms with Crippen LogP contribution in [-0.2, 0) is 14.3 Å². The SMILES string of the molecule is COC(C)(C)CN1CC(=O)NC(C(C)C)C1=O. The lowest BCUT2D eigenvalue weighted by Crippen LogP contribution is -2.61. The number of carbonyl (C=O) groups is 2. The average Bonchev–Trinajstić information content (AvgIpc) is 2.22. The molecule has 0 radical (unpaired) electrons. The van der Waals surface area contributed by atoms with E-state index in [9.17, 15) is 9.59 Å². The summed E-state index contributed by atoms with van der Waals surface area (Å²) in [5.74, 6) is -0.0279. The molecular weight excluding hydrogens is 220 g/mol. The minimum absolute atomic E-state index is 0.0234. The predicted octanol–water partition coefficient (Wildman–Crippen LogP) is 0.394. The number of hydrogen-bond acceptors (Lipinski definition) is 3. The molecule has 0 saturated carbocycles. The first-order chi connectivity index (χ1) is 7.76. The van der Waals surface area contributed by atoms with Crippen molar-refractivity contribution in [3.63, 3.8) is 0 Å². The van der Waals surface area contributed by atoms with Gasteiger partial charge in [0.05, 0.1) is 12.1 Å². The van der Waals surface area contributed by atoms with Gasteiger partial charge in [0, 0.05) is 13.7 Å². The van der Waals surface area contributed by atoms with Gasteiger partial charge >= 0.3 is 0 Å². The highest BCUT2D eigenvalue weighted by atomic mass is 16.5. The minimum atomic E-state index is -0.436. The highest BCUT2D eigenvalue weighted by Gasteiger charge is 2.36. The number of methoxy groups -OCH3 is 1. The fourth-order valence-corrected chi connectivity index (χ4v) is 1.84. The van der Waals surface area contributed by atoms with E-state index in [2.05, 4.69) is 5.32 Å². The first-order valence-electron chi connectivity index (χ1n) is 5.90. The first kappa shape index (κ1) is 14.0. The van der Waals surface area contributed by atoms with Crippen LogP contribution < -0.4 is 5.32 Å². The second kappa shape index (κ2) is 5.04. The number of nitrogens with one attached hydrogen (secondary N) is 1. The number of ether oxygens (including phenoxy) is 1. The Balaban J connectivity index is 2.78. The molecule has 5 nitrogen and oxygen atoms in total. The van der Waals surface area contributed by atoms with Gasteiger partial charge in [0.1, 0.15) is 6.04 Å². The third kappa shape index (κ3) is 3.43. The smallest absolute Gasteiger partial charge is 0.245 e. The summed E-state index contributed by atoms with van der Waals surface area (Å²) in [6.07, 6.45) is 0. The third-order valence-corrected chi connectivity index (χ3v) is 3.02. The van der Waals surface area contributed by atoms with Crippen LogP contribution in [0, 0.1) is 5.92 Å². The van der Waals surface area contributed by atoms with Gasteiger partial charge in [-0.1, -0.05) is 13.8 Å². The molecule has 98 valence electrons. The third-order valence-electron chi connectivity index (χ3n) is 3.02. The van der Waals surface area contributed by atoms with E-state index in [1.165, 1.54) is 0 Å². The largest absolute Gasteiger partial charge is 0.377 e. The molecule has 1 rings (SSSR count). The number of hydrogen-bond donors (Lipinski definition) is 1. The summed E-state index contributed by atoms with van der Waals surface area (Å²) in [7, 11) is 1.61. The molecule has 1 fully saturated rings. The van der Waals surface area contributed by atoms with E-state index >= 15 is 0 Å². The van der Waals surface area contributed by atoms with Gasteiger partial charge in [0.15, 0.2) is 0 Å². The van der Waals surface area contributed by atoms with Crippen molar-refractivity contribution in [3.8, 4) is 0 Å². The van der Waals surface area contributed by atoms with Gasteiger partial charge in [-0.25, -0.2) is 0 Å². The Kier molecular flexibility index (Phi) is 4.14. The zero-order chi connectivity index (χ0) is 13.2. The van der Waals surface area contributed by atoms with Crippen LogP contribution in [0.15, 0.2) is 0 Å². The normalized spacial score (nSPS) is 22.0. The van der Waals surface area contributed by atoms with Gasteiger partial charge in [-0.3, -0.25) is 9.59 Å². The number of rotatable bonds is 4. The molecule has 0 aliphatic carbocycles. The van der Waals surface area contributed by atoms with Crippen molar-refractivity contribution in [2.45, 2.75) is 39.3 Å². The van der Waals surface area contributed by atoms with Crippen molar-refractivity contribution in [3.05, 3.63) is 0 Å². The molecular formula is C12H22N2O3. The quantitative estimate of drug-likeness (QED) is 0.776. The Hall–Kier alpha value is -1.10. The van der Waals surface area contributed by atoms with E-state index in [-0.39, 0.29) is 24.3 Å². The van der Waals surface area contributed by atoms with Crippen LogP contribution >= 0.6 is 0 Å². The Labute approximate surface area is 102 Å². The number of amides is 2. The molecule has 1 N–H and O–H groups in total. The highest BCUT2D eigenvalue weighted by Crippen LogP contribution is 2.16. The van der Waals surface area contributed by atoms with Crippen LogP contribution in [0.25, 0.3) is 0 Å². The summed E-state index contributed by atoms with van der Waals surface area (Å²) in [6, 6.07) is -0.413. The summed E-state index contributed by atoms with van der Waals surface area (Å²) < 4.78 is 5.29. The van der Waals surface area contributed by atoms with E-state index in [0.29, 0.717) is 6.54 Å². The van der Waals surface area contributed by atoms with Crippen molar-refractivity contribution >= 4 is 11.8 Å². The molecule has 0 bridgehead atoms. The molecule has 1 unspecified atom stereocenters. The number of carbonyl (C=O) groups excluding carboxylic acids is 2. The number of piperazine rings is 1. The molecule has 0 aromatic carbocycles. The fourth-order valence-electron chi connectivity index (χ4n) is 1.84. The molecule has 17 heavy (non-hydrogen) atoms. The maximum absolute atomic E-state index is 12.2. The predicted molar refractivity (Wildman–Crippen MR) is 64.4 cm³/mol. The molecule has 5 heteroatoms.